The van der Waals surface area contributed by atoms with Crippen molar-refractivity contribution in [2.24, 2.45) is 5.92 Å². The van der Waals surface area contributed by atoms with Crippen molar-refractivity contribution in [1.82, 2.24) is 10.2 Å². The van der Waals surface area contributed by atoms with Gasteiger partial charge in [0.25, 0.3) is 5.91 Å². The van der Waals surface area contributed by atoms with Crippen LogP contribution < -0.4 is 15.4 Å². The maximum absolute atomic E-state index is 13.9. The first kappa shape index (κ1) is 30.4. The zero-order chi connectivity index (χ0) is 28.5. The Kier molecular flexibility index (Phi) is 10.9. The molecule has 0 spiro atoms. The summed E-state index contributed by atoms with van der Waals surface area (Å²) in [7, 11) is 1.53. The quantitative estimate of drug-likeness (QED) is 0.347. The van der Waals surface area contributed by atoms with Gasteiger partial charge in [0.2, 0.25) is 5.91 Å². The lowest BCUT2D eigenvalue weighted by molar-refractivity contribution is -0.141. The van der Waals surface area contributed by atoms with Crippen molar-refractivity contribution in [3.63, 3.8) is 0 Å². The molecule has 0 aliphatic carbocycles. The third-order valence-electron chi connectivity index (χ3n) is 5.45. The summed E-state index contributed by atoms with van der Waals surface area (Å²) in [5.41, 5.74) is 0.116. The molecule has 10 heteroatoms. The van der Waals surface area contributed by atoms with E-state index in [1.165, 1.54) is 36.3 Å². The van der Waals surface area contributed by atoms with E-state index in [4.69, 9.17) is 9.47 Å². The number of hydrogen-bond donors (Lipinski definition) is 4. The van der Waals surface area contributed by atoms with Crippen LogP contribution in [0.5, 0.6) is 11.5 Å². The highest BCUT2D eigenvalue weighted by Crippen LogP contribution is 2.27. The summed E-state index contributed by atoms with van der Waals surface area (Å²) >= 11 is 0. The predicted molar refractivity (Wildman–Crippen MR) is 144 cm³/mol. The lowest BCUT2D eigenvalue weighted by atomic mass is 9.99. The first-order valence-corrected chi connectivity index (χ1v) is 12.5. The molecule has 208 valence electrons. The molecule has 3 amide bonds. The van der Waals surface area contributed by atoms with E-state index in [1.54, 1.807) is 45.0 Å². The number of nitrogens with one attached hydrogen (secondary N) is 2. The first-order chi connectivity index (χ1) is 17.8. The number of benzene rings is 2. The third-order valence-corrected chi connectivity index (χ3v) is 5.45. The molecule has 4 N–H and O–H groups in total. The Morgan fingerprint density at radius 1 is 1.00 bits per heavy atom. The smallest absolute Gasteiger partial charge is 0.408 e. The monoisotopic (exact) mass is 529 g/mol. The van der Waals surface area contributed by atoms with Gasteiger partial charge in [-0.15, -0.1) is 0 Å². The van der Waals surface area contributed by atoms with E-state index in [0.29, 0.717) is 17.0 Å². The fraction of sp³-hybridized carbons (Fsp3) is 0.464. The van der Waals surface area contributed by atoms with E-state index >= 15 is 0 Å². The third kappa shape index (κ3) is 9.26. The lowest BCUT2D eigenvalue weighted by Gasteiger charge is -2.34. The van der Waals surface area contributed by atoms with Gasteiger partial charge in [0.15, 0.2) is 0 Å². The van der Waals surface area contributed by atoms with E-state index in [-0.39, 0.29) is 24.6 Å². The van der Waals surface area contributed by atoms with Crippen LogP contribution in [0.4, 0.5) is 10.5 Å². The lowest BCUT2D eigenvalue weighted by Crippen LogP contribution is -2.53. The molecule has 10 nitrogen and oxygen atoms in total. The Morgan fingerprint density at radius 3 is 2.11 bits per heavy atom. The second-order valence-electron chi connectivity index (χ2n) is 10.3. The number of ether oxygens (including phenoxy) is 2. The molecule has 0 saturated carbocycles. The van der Waals surface area contributed by atoms with Crippen LogP contribution in [0, 0.1) is 5.92 Å². The van der Waals surface area contributed by atoms with E-state index in [0.717, 1.165) is 0 Å². The van der Waals surface area contributed by atoms with Gasteiger partial charge >= 0.3 is 6.09 Å². The molecule has 0 aliphatic rings. The van der Waals surface area contributed by atoms with Gasteiger partial charge in [-0.05, 0) is 75.1 Å². The van der Waals surface area contributed by atoms with Crippen LogP contribution >= 0.6 is 0 Å². The molecule has 2 aromatic rings. The molecular formula is C28H39N3O7. The van der Waals surface area contributed by atoms with Crippen molar-refractivity contribution in [2.75, 3.05) is 25.6 Å². The number of alkyl carbamates (subject to hydrolysis) is 1. The van der Waals surface area contributed by atoms with Gasteiger partial charge in [-0.2, -0.15) is 0 Å². The molecule has 0 aromatic heterocycles. The van der Waals surface area contributed by atoms with Crippen molar-refractivity contribution in [3.8, 4) is 11.5 Å². The van der Waals surface area contributed by atoms with Crippen LogP contribution in [-0.2, 0) is 14.3 Å². The number of anilines is 1. The Morgan fingerprint density at radius 2 is 1.61 bits per heavy atom. The Balaban J connectivity index is 2.46. The number of phenolic OH excluding ortho intramolecular Hbond substituents is 1. The minimum atomic E-state index is -1.17. The summed E-state index contributed by atoms with van der Waals surface area (Å²) in [6.45, 7) is 8.36. The van der Waals surface area contributed by atoms with E-state index < -0.39 is 42.2 Å². The average Bonchev–Trinajstić information content (AvgIpc) is 2.83. The zero-order valence-corrected chi connectivity index (χ0v) is 22.9. The molecule has 0 fully saturated rings. The number of aliphatic hydroxyl groups is 1. The maximum atomic E-state index is 13.9. The van der Waals surface area contributed by atoms with Crippen molar-refractivity contribution in [1.29, 1.82) is 0 Å². The molecule has 2 atom stereocenters. The van der Waals surface area contributed by atoms with E-state index in [1.807, 2.05) is 13.8 Å². The summed E-state index contributed by atoms with van der Waals surface area (Å²) in [4.78, 5) is 41.3. The molecule has 2 rings (SSSR count). The van der Waals surface area contributed by atoms with Gasteiger partial charge in [-0.1, -0.05) is 26.0 Å². The summed E-state index contributed by atoms with van der Waals surface area (Å²) in [6, 6.07) is 10.4. The molecule has 0 bridgehead atoms. The number of aliphatic hydroxyl groups excluding tert-OH is 1. The minimum Gasteiger partial charge on any atom is -0.508 e. The van der Waals surface area contributed by atoms with Gasteiger partial charge < -0.3 is 35.2 Å². The van der Waals surface area contributed by atoms with Gasteiger partial charge in [-0.3, -0.25) is 9.59 Å². The number of carbonyl (C=O) groups is 3. The molecule has 0 saturated heterocycles. The van der Waals surface area contributed by atoms with Crippen LogP contribution in [0.1, 0.15) is 52.6 Å². The Hall–Kier alpha value is -3.79. The van der Waals surface area contributed by atoms with Crippen LogP contribution in [-0.4, -0.2) is 64.9 Å². The van der Waals surface area contributed by atoms with Crippen molar-refractivity contribution in [2.45, 2.75) is 58.7 Å². The largest absolute Gasteiger partial charge is 0.508 e. The average molecular weight is 530 g/mol. The van der Waals surface area contributed by atoms with Crippen LogP contribution in [0.15, 0.2) is 48.5 Å². The topological polar surface area (TPSA) is 137 Å². The standard InChI is InChI=1S/C28H39N3O7/c1-18(2)17-23(30-27(36)38-28(3,4)5)26(35)31(15-16-32)24(19-7-11-21(33)12-8-19)25(34)29-20-9-13-22(37-6)14-10-20/h7-14,18,23-24,32-33H,15-17H2,1-6H3,(H,29,34)(H,30,36). The second-order valence-corrected chi connectivity index (χ2v) is 10.3. The zero-order valence-electron chi connectivity index (χ0n) is 22.9. The summed E-state index contributed by atoms with van der Waals surface area (Å²) < 4.78 is 10.5. The highest BCUT2D eigenvalue weighted by atomic mass is 16.6. The normalized spacial score (nSPS) is 12.8. The first-order valence-electron chi connectivity index (χ1n) is 12.5. The Bertz CT molecular complexity index is 1060. The maximum Gasteiger partial charge on any atom is 0.408 e. The minimum absolute atomic E-state index is 0.00706. The molecule has 0 aliphatic heterocycles. The van der Waals surface area contributed by atoms with Crippen LogP contribution in [0.3, 0.4) is 0 Å². The van der Waals surface area contributed by atoms with Gasteiger partial charge in [0, 0.05) is 12.2 Å². The number of methoxy groups -OCH3 is 1. The number of nitrogens with zero attached hydrogens (tertiary/aromatic N) is 1. The number of phenols is 1. The van der Waals surface area contributed by atoms with Crippen molar-refractivity contribution in [3.05, 3.63) is 54.1 Å². The van der Waals surface area contributed by atoms with Gasteiger partial charge in [0.05, 0.1) is 13.7 Å². The molecule has 2 aromatic carbocycles. The molecule has 38 heavy (non-hydrogen) atoms. The molecular weight excluding hydrogens is 490 g/mol. The molecule has 2 unspecified atom stereocenters. The fourth-order valence-corrected chi connectivity index (χ4v) is 3.83. The number of aromatic hydroxyl groups is 1. The fourth-order valence-electron chi connectivity index (χ4n) is 3.83. The van der Waals surface area contributed by atoms with Crippen molar-refractivity contribution < 1.29 is 34.1 Å². The highest BCUT2D eigenvalue weighted by molar-refractivity contribution is 5.99. The van der Waals surface area contributed by atoms with E-state index in [9.17, 15) is 24.6 Å². The molecule has 0 heterocycles. The number of amides is 3. The predicted octanol–water partition coefficient (Wildman–Crippen LogP) is 3.84. The van der Waals surface area contributed by atoms with Crippen LogP contribution in [0.2, 0.25) is 0 Å². The van der Waals surface area contributed by atoms with Crippen LogP contribution in [0.25, 0.3) is 0 Å². The SMILES string of the molecule is COc1ccc(NC(=O)C(c2ccc(O)cc2)N(CCO)C(=O)C(CC(C)C)NC(=O)OC(C)(C)C)cc1. The second kappa shape index (κ2) is 13.7. The molecule has 0 radical (unpaired) electrons. The summed E-state index contributed by atoms with van der Waals surface area (Å²) in [6.07, 6.45) is -0.480. The van der Waals surface area contributed by atoms with Gasteiger partial charge in [-0.25, -0.2) is 4.79 Å². The van der Waals surface area contributed by atoms with Crippen molar-refractivity contribution >= 4 is 23.6 Å². The Labute approximate surface area is 223 Å². The highest BCUT2D eigenvalue weighted by Gasteiger charge is 2.36. The number of rotatable bonds is 11. The van der Waals surface area contributed by atoms with E-state index in [2.05, 4.69) is 10.6 Å². The summed E-state index contributed by atoms with van der Waals surface area (Å²) in [5, 5.41) is 25.1. The summed E-state index contributed by atoms with van der Waals surface area (Å²) in [5.74, 6) is -0.466. The number of hydrogen-bond acceptors (Lipinski definition) is 7. The van der Waals surface area contributed by atoms with Gasteiger partial charge in [0.1, 0.15) is 29.2 Å². The number of carbonyl (C=O) groups excluding carboxylic acids is 3.